The summed E-state index contributed by atoms with van der Waals surface area (Å²) in [5, 5.41) is 5.78. The molecule has 0 radical (unpaired) electrons. The van der Waals surface area contributed by atoms with Gasteiger partial charge in [0.15, 0.2) is 0 Å². The van der Waals surface area contributed by atoms with E-state index in [2.05, 4.69) is 71.8 Å². The largest absolute Gasteiger partial charge is 0.267 e. The molecular formula is C20H16N2. The molecule has 1 heterocycles. The highest BCUT2D eigenvalue weighted by Gasteiger charge is 2.10. The molecule has 0 aliphatic carbocycles. The first-order chi connectivity index (χ1) is 10.8. The molecule has 0 bridgehead atoms. The van der Waals surface area contributed by atoms with Gasteiger partial charge < -0.3 is 0 Å². The SMILES string of the molecule is Cn1nc2ccccc2c1-c1ccc(-c2ccccc2)cc1. The van der Waals surface area contributed by atoms with Crippen LogP contribution in [0, 0.1) is 0 Å². The van der Waals surface area contributed by atoms with E-state index in [-0.39, 0.29) is 0 Å². The second kappa shape index (κ2) is 5.15. The van der Waals surface area contributed by atoms with Crippen molar-refractivity contribution in [2.24, 2.45) is 7.05 Å². The lowest BCUT2D eigenvalue weighted by Crippen LogP contribution is -1.93. The Morgan fingerprint density at radius 2 is 1.23 bits per heavy atom. The summed E-state index contributed by atoms with van der Waals surface area (Å²) in [4.78, 5) is 0. The zero-order chi connectivity index (χ0) is 14.9. The summed E-state index contributed by atoms with van der Waals surface area (Å²) >= 11 is 0. The van der Waals surface area contributed by atoms with Crippen molar-refractivity contribution in [2.75, 3.05) is 0 Å². The third kappa shape index (κ3) is 2.09. The second-order valence-electron chi connectivity index (χ2n) is 5.43. The van der Waals surface area contributed by atoms with Gasteiger partial charge in [0.1, 0.15) is 0 Å². The van der Waals surface area contributed by atoms with E-state index in [0.717, 1.165) is 11.2 Å². The molecule has 0 aliphatic rings. The summed E-state index contributed by atoms with van der Waals surface area (Å²) in [6.45, 7) is 0. The fourth-order valence-electron chi connectivity index (χ4n) is 2.94. The third-order valence-electron chi connectivity index (χ3n) is 4.01. The number of benzene rings is 3. The molecule has 4 aromatic rings. The first-order valence-corrected chi connectivity index (χ1v) is 7.40. The zero-order valence-electron chi connectivity index (χ0n) is 12.4. The molecule has 0 aliphatic heterocycles. The Labute approximate surface area is 129 Å². The molecule has 0 saturated heterocycles. The highest BCUT2D eigenvalue weighted by Crippen LogP contribution is 2.29. The molecule has 0 saturated carbocycles. The maximum absolute atomic E-state index is 4.59. The molecule has 0 N–H and O–H groups in total. The van der Waals surface area contributed by atoms with Gasteiger partial charge in [0, 0.05) is 18.0 Å². The number of rotatable bonds is 2. The molecule has 2 nitrogen and oxygen atoms in total. The number of aromatic nitrogens is 2. The lowest BCUT2D eigenvalue weighted by molar-refractivity contribution is 0.788. The van der Waals surface area contributed by atoms with Crippen LogP contribution in [0.2, 0.25) is 0 Å². The van der Waals surface area contributed by atoms with Crippen molar-refractivity contribution in [3.8, 4) is 22.4 Å². The van der Waals surface area contributed by atoms with Crippen molar-refractivity contribution in [1.29, 1.82) is 0 Å². The Morgan fingerprint density at radius 3 is 2.00 bits per heavy atom. The number of aryl methyl sites for hydroxylation is 1. The van der Waals surface area contributed by atoms with E-state index in [9.17, 15) is 0 Å². The molecule has 0 unspecified atom stereocenters. The second-order valence-corrected chi connectivity index (χ2v) is 5.43. The summed E-state index contributed by atoms with van der Waals surface area (Å²) in [6.07, 6.45) is 0. The topological polar surface area (TPSA) is 17.8 Å². The third-order valence-corrected chi connectivity index (χ3v) is 4.01. The van der Waals surface area contributed by atoms with Crippen LogP contribution in [0.3, 0.4) is 0 Å². The van der Waals surface area contributed by atoms with Crippen LogP contribution in [0.5, 0.6) is 0 Å². The number of fused-ring (bicyclic) bond motifs is 1. The first kappa shape index (κ1) is 12.8. The molecule has 1 aromatic heterocycles. The molecule has 4 rings (SSSR count). The smallest absolute Gasteiger partial charge is 0.0929 e. The molecule has 2 heteroatoms. The van der Waals surface area contributed by atoms with Gasteiger partial charge in [-0.2, -0.15) is 5.10 Å². The lowest BCUT2D eigenvalue weighted by atomic mass is 10.0. The summed E-state index contributed by atoms with van der Waals surface area (Å²) in [5.41, 5.74) is 5.86. The Hall–Kier alpha value is -2.87. The summed E-state index contributed by atoms with van der Waals surface area (Å²) < 4.78 is 1.96. The number of nitrogens with zero attached hydrogens (tertiary/aromatic N) is 2. The molecule has 0 amide bonds. The highest BCUT2D eigenvalue weighted by atomic mass is 15.3. The Balaban J connectivity index is 1.81. The lowest BCUT2D eigenvalue weighted by Gasteiger charge is -2.06. The van der Waals surface area contributed by atoms with Crippen LogP contribution < -0.4 is 0 Å². The molecular weight excluding hydrogens is 268 g/mol. The van der Waals surface area contributed by atoms with Crippen molar-refractivity contribution in [3.63, 3.8) is 0 Å². The average molecular weight is 284 g/mol. The highest BCUT2D eigenvalue weighted by molar-refractivity contribution is 5.93. The van der Waals surface area contributed by atoms with Gasteiger partial charge in [-0.15, -0.1) is 0 Å². The van der Waals surface area contributed by atoms with Gasteiger partial charge >= 0.3 is 0 Å². The van der Waals surface area contributed by atoms with Crippen LogP contribution in [-0.4, -0.2) is 9.78 Å². The van der Waals surface area contributed by atoms with Gasteiger partial charge in [-0.1, -0.05) is 72.8 Å². The van der Waals surface area contributed by atoms with Crippen molar-refractivity contribution < 1.29 is 0 Å². The predicted molar refractivity (Wildman–Crippen MR) is 91.6 cm³/mol. The maximum Gasteiger partial charge on any atom is 0.0929 e. The van der Waals surface area contributed by atoms with Crippen LogP contribution in [0.25, 0.3) is 33.3 Å². The molecule has 0 atom stereocenters. The quantitative estimate of drug-likeness (QED) is 0.511. The fourth-order valence-corrected chi connectivity index (χ4v) is 2.94. The van der Waals surface area contributed by atoms with Crippen LogP contribution in [0.1, 0.15) is 0 Å². The minimum absolute atomic E-state index is 1.03. The number of hydrogen-bond acceptors (Lipinski definition) is 1. The molecule has 22 heavy (non-hydrogen) atoms. The van der Waals surface area contributed by atoms with E-state index >= 15 is 0 Å². The van der Waals surface area contributed by atoms with Crippen LogP contribution in [0.15, 0.2) is 78.9 Å². The van der Waals surface area contributed by atoms with E-state index in [1.807, 2.05) is 23.9 Å². The first-order valence-electron chi connectivity index (χ1n) is 7.40. The van der Waals surface area contributed by atoms with Gasteiger partial charge in [0.2, 0.25) is 0 Å². The standard InChI is InChI=1S/C20H16N2/c1-22-20(18-9-5-6-10-19(18)21-22)17-13-11-16(12-14-17)15-7-3-2-4-8-15/h2-14H,1H3. The van der Waals surface area contributed by atoms with Crippen molar-refractivity contribution in [1.82, 2.24) is 9.78 Å². The fraction of sp³-hybridized carbons (Fsp3) is 0.0500. The normalized spacial score (nSPS) is 11.0. The summed E-state index contributed by atoms with van der Waals surface area (Å²) in [7, 11) is 2.00. The van der Waals surface area contributed by atoms with E-state index < -0.39 is 0 Å². The Kier molecular flexibility index (Phi) is 3.01. The van der Waals surface area contributed by atoms with Crippen molar-refractivity contribution >= 4 is 10.9 Å². The van der Waals surface area contributed by atoms with E-state index in [4.69, 9.17) is 0 Å². The van der Waals surface area contributed by atoms with Crippen LogP contribution >= 0.6 is 0 Å². The van der Waals surface area contributed by atoms with Gasteiger partial charge in [0.05, 0.1) is 11.2 Å². The monoisotopic (exact) mass is 284 g/mol. The van der Waals surface area contributed by atoms with E-state index in [0.29, 0.717) is 0 Å². The summed E-state index contributed by atoms with van der Waals surface area (Å²) in [5.74, 6) is 0. The minimum atomic E-state index is 1.03. The van der Waals surface area contributed by atoms with Crippen molar-refractivity contribution in [2.45, 2.75) is 0 Å². The van der Waals surface area contributed by atoms with Crippen LogP contribution in [-0.2, 0) is 7.05 Å². The van der Waals surface area contributed by atoms with Gasteiger partial charge in [-0.05, 0) is 17.2 Å². The molecule has 0 spiro atoms. The minimum Gasteiger partial charge on any atom is -0.267 e. The van der Waals surface area contributed by atoms with E-state index in [1.165, 1.54) is 22.1 Å². The van der Waals surface area contributed by atoms with Gasteiger partial charge in [-0.25, -0.2) is 0 Å². The molecule has 3 aromatic carbocycles. The molecule has 106 valence electrons. The van der Waals surface area contributed by atoms with Crippen LogP contribution in [0.4, 0.5) is 0 Å². The summed E-state index contributed by atoms with van der Waals surface area (Å²) in [6, 6.07) is 27.4. The Bertz CT molecular complexity index is 919. The predicted octanol–water partition coefficient (Wildman–Crippen LogP) is 4.91. The van der Waals surface area contributed by atoms with Crippen molar-refractivity contribution in [3.05, 3.63) is 78.9 Å². The van der Waals surface area contributed by atoms with Gasteiger partial charge in [0.25, 0.3) is 0 Å². The molecule has 0 fully saturated rings. The average Bonchev–Trinajstić information content (AvgIpc) is 2.91. The van der Waals surface area contributed by atoms with Gasteiger partial charge in [-0.3, -0.25) is 4.68 Å². The number of hydrogen-bond donors (Lipinski definition) is 0. The maximum atomic E-state index is 4.59. The Morgan fingerprint density at radius 1 is 0.636 bits per heavy atom. The van der Waals surface area contributed by atoms with E-state index in [1.54, 1.807) is 0 Å². The zero-order valence-corrected chi connectivity index (χ0v) is 12.4.